The Hall–Kier alpha value is -0.900. The molecule has 3 nitrogen and oxygen atoms in total. The highest BCUT2D eigenvalue weighted by molar-refractivity contribution is 5.32. The second kappa shape index (κ2) is 5.61. The van der Waals surface area contributed by atoms with Crippen LogP contribution in [0.15, 0.2) is 24.3 Å². The van der Waals surface area contributed by atoms with Crippen molar-refractivity contribution in [2.75, 3.05) is 20.3 Å². The molecule has 0 saturated carbocycles. The molecule has 3 rings (SSSR count). The van der Waals surface area contributed by atoms with Crippen LogP contribution in [0.4, 0.5) is 0 Å². The molecule has 1 heterocycles. The molecule has 1 fully saturated rings. The lowest BCUT2D eigenvalue weighted by Gasteiger charge is -2.35. The minimum Gasteiger partial charge on any atom is -0.380 e. The lowest BCUT2D eigenvalue weighted by Crippen LogP contribution is -2.46. The van der Waals surface area contributed by atoms with E-state index >= 15 is 0 Å². The normalized spacial score (nSPS) is 31.2. The molecule has 19 heavy (non-hydrogen) atoms. The third kappa shape index (κ3) is 2.55. The minimum atomic E-state index is 0.129. The Morgan fingerprint density at radius 3 is 2.89 bits per heavy atom. The van der Waals surface area contributed by atoms with Crippen molar-refractivity contribution in [1.29, 1.82) is 0 Å². The predicted octanol–water partition coefficient (Wildman–Crippen LogP) is 2.11. The Morgan fingerprint density at radius 2 is 2.11 bits per heavy atom. The monoisotopic (exact) mass is 260 g/mol. The molecule has 3 heteroatoms. The third-order valence-electron chi connectivity index (χ3n) is 4.78. The second-order valence-corrected chi connectivity index (χ2v) is 5.87. The van der Waals surface area contributed by atoms with E-state index in [2.05, 4.69) is 36.2 Å². The van der Waals surface area contributed by atoms with Crippen LogP contribution in [0.3, 0.4) is 0 Å². The third-order valence-corrected chi connectivity index (χ3v) is 4.78. The number of ether oxygens (including phenoxy) is 1. The lowest BCUT2D eigenvalue weighted by molar-refractivity contribution is 0.116. The molecule has 0 radical (unpaired) electrons. The Bertz CT molecular complexity index is 429. The fraction of sp³-hybridized carbons (Fsp3) is 0.625. The summed E-state index contributed by atoms with van der Waals surface area (Å²) < 4.78 is 5.52. The molecule has 3 unspecified atom stereocenters. The van der Waals surface area contributed by atoms with Crippen molar-refractivity contribution in [3.8, 4) is 0 Å². The van der Waals surface area contributed by atoms with Crippen molar-refractivity contribution in [1.82, 2.24) is 4.90 Å². The number of hydrogen-bond acceptors (Lipinski definition) is 3. The van der Waals surface area contributed by atoms with Crippen molar-refractivity contribution in [3.63, 3.8) is 0 Å². The number of nitrogens with zero attached hydrogens (tertiary/aromatic N) is 1. The fourth-order valence-corrected chi connectivity index (χ4v) is 3.55. The van der Waals surface area contributed by atoms with Gasteiger partial charge >= 0.3 is 0 Å². The summed E-state index contributed by atoms with van der Waals surface area (Å²) >= 11 is 0. The van der Waals surface area contributed by atoms with Gasteiger partial charge in [-0.25, -0.2) is 0 Å². The molecule has 104 valence electrons. The summed E-state index contributed by atoms with van der Waals surface area (Å²) in [6.45, 7) is 1.76. The molecule has 1 aromatic rings. The van der Waals surface area contributed by atoms with E-state index in [0.717, 1.165) is 26.1 Å². The van der Waals surface area contributed by atoms with Gasteiger partial charge in [-0.2, -0.15) is 0 Å². The number of aryl methyl sites for hydroxylation is 1. The number of rotatable bonds is 2. The summed E-state index contributed by atoms with van der Waals surface area (Å²) in [7, 11) is 2.22. The molecule has 1 saturated heterocycles. The fourth-order valence-electron chi connectivity index (χ4n) is 3.55. The highest BCUT2D eigenvalue weighted by Crippen LogP contribution is 2.31. The van der Waals surface area contributed by atoms with Crippen LogP contribution in [0.5, 0.6) is 0 Å². The van der Waals surface area contributed by atoms with E-state index in [4.69, 9.17) is 10.5 Å². The first-order chi connectivity index (χ1) is 9.27. The molecule has 2 N–H and O–H groups in total. The number of hydrogen-bond donors (Lipinski definition) is 1. The van der Waals surface area contributed by atoms with Crippen LogP contribution in [0, 0.1) is 0 Å². The average molecular weight is 260 g/mol. The van der Waals surface area contributed by atoms with Gasteiger partial charge in [-0.15, -0.1) is 0 Å². The summed E-state index contributed by atoms with van der Waals surface area (Å²) in [5.41, 5.74) is 9.36. The van der Waals surface area contributed by atoms with Gasteiger partial charge in [-0.05, 0) is 43.9 Å². The van der Waals surface area contributed by atoms with Gasteiger partial charge in [0.1, 0.15) is 0 Å². The predicted molar refractivity (Wildman–Crippen MR) is 77.1 cm³/mol. The first kappa shape index (κ1) is 13.1. The van der Waals surface area contributed by atoms with Crippen molar-refractivity contribution < 1.29 is 4.74 Å². The van der Waals surface area contributed by atoms with E-state index in [1.54, 1.807) is 0 Å². The average Bonchev–Trinajstić information content (AvgIpc) is 2.91. The summed E-state index contributed by atoms with van der Waals surface area (Å²) in [6, 6.07) is 9.79. The zero-order chi connectivity index (χ0) is 13.2. The molecule has 2 aliphatic rings. The SMILES string of the molecule is CN(C1CCOC1)C1CCCc2ccccc2C1N. The molecular formula is C16H24N2O. The highest BCUT2D eigenvalue weighted by Gasteiger charge is 2.32. The minimum absolute atomic E-state index is 0.129. The van der Waals surface area contributed by atoms with Crippen LogP contribution in [-0.4, -0.2) is 37.2 Å². The molecule has 1 aliphatic carbocycles. The summed E-state index contributed by atoms with van der Waals surface area (Å²) in [6.07, 6.45) is 4.72. The van der Waals surface area contributed by atoms with Gasteiger partial charge in [0.2, 0.25) is 0 Å². The molecule has 0 spiro atoms. The first-order valence-corrected chi connectivity index (χ1v) is 7.40. The number of nitrogens with two attached hydrogens (primary N) is 1. The molecular weight excluding hydrogens is 236 g/mol. The first-order valence-electron chi connectivity index (χ1n) is 7.40. The number of benzene rings is 1. The van der Waals surface area contributed by atoms with E-state index in [9.17, 15) is 0 Å². The molecule has 1 aliphatic heterocycles. The number of likely N-dealkylation sites (N-methyl/N-ethyl adjacent to an activating group) is 1. The summed E-state index contributed by atoms with van der Waals surface area (Å²) in [5.74, 6) is 0. The van der Waals surface area contributed by atoms with E-state index in [-0.39, 0.29) is 6.04 Å². The van der Waals surface area contributed by atoms with Gasteiger partial charge in [-0.3, -0.25) is 4.90 Å². The smallest absolute Gasteiger partial charge is 0.0622 e. The van der Waals surface area contributed by atoms with Crippen molar-refractivity contribution in [2.24, 2.45) is 5.73 Å². The van der Waals surface area contributed by atoms with Crippen LogP contribution in [-0.2, 0) is 11.2 Å². The van der Waals surface area contributed by atoms with Gasteiger partial charge < -0.3 is 10.5 Å². The van der Waals surface area contributed by atoms with Gasteiger partial charge in [0.05, 0.1) is 6.61 Å². The van der Waals surface area contributed by atoms with Crippen LogP contribution >= 0.6 is 0 Å². The topological polar surface area (TPSA) is 38.5 Å². The maximum absolute atomic E-state index is 6.58. The van der Waals surface area contributed by atoms with Crippen LogP contribution in [0.25, 0.3) is 0 Å². The zero-order valence-corrected chi connectivity index (χ0v) is 11.7. The van der Waals surface area contributed by atoms with Gasteiger partial charge in [-0.1, -0.05) is 24.3 Å². The van der Waals surface area contributed by atoms with Gasteiger partial charge in [0.25, 0.3) is 0 Å². The quantitative estimate of drug-likeness (QED) is 0.828. The Labute approximate surface area is 115 Å². The molecule has 0 aromatic heterocycles. The Balaban J connectivity index is 1.82. The zero-order valence-electron chi connectivity index (χ0n) is 11.7. The second-order valence-electron chi connectivity index (χ2n) is 5.87. The van der Waals surface area contributed by atoms with Crippen molar-refractivity contribution in [2.45, 2.75) is 43.8 Å². The molecule has 0 amide bonds. The molecule has 0 bridgehead atoms. The Kier molecular flexibility index (Phi) is 3.87. The molecule has 3 atom stereocenters. The van der Waals surface area contributed by atoms with E-state index in [1.807, 2.05) is 0 Å². The molecule has 1 aromatic carbocycles. The van der Waals surface area contributed by atoms with Crippen LogP contribution < -0.4 is 5.73 Å². The lowest BCUT2D eigenvalue weighted by atomic mass is 9.95. The number of fused-ring (bicyclic) bond motifs is 1. The van der Waals surface area contributed by atoms with Gasteiger partial charge in [0.15, 0.2) is 0 Å². The highest BCUT2D eigenvalue weighted by atomic mass is 16.5. The maximum Gasteiger partial charge on any atom is 0.0622 e. The standard InChI is InChI=1S/C16H24N2O/c1-18(13-9-10-19-11-13)15-8-4-6-12-5-2-3-7-14(12)16(15)17/h2-3,5,7,13,15-16H,4,6,8-11,17H2,1H3. The van der Waals surface area contributed by atoms with Crippen LogP contribution in [0.2, 0.25) is 0 Å². The maximum atomic E-state index is 6.58. The Morgan fingerprint density at radius 1 is 1.26 bits per heavy atom. The largest absolute Gasteiger partial charge is 0.380 e. The summed E-state index contributed by atoms with van der Waals surface area (Å²) in [4.78, 5) is 2.47. The van der Waals surface area contributed by atoms with Gasteiger partial charge in [0, 0.05) is 24.7 Å². The van der Waals surface area contributed by atoms with E-state index in [0.29, 0.717) is 12.1 Å². The van der Waals surface area contributed by atoms with Crippen LogP contribution in [0.1, 0.15) is 36.4 Å². The van der Waals surface area contributed by atoms with Crippen molar-refractivity contribution in [3.05, 3.63) is 35.4 Å². The summed E-state index contributed by atoms with van der Waals surface area (Å²) in [5, 5.41) is 0. The van der Waals surface area contributed by atoms with E-state index in [1.165, 1.54) is 24.0 Å². The van der Waals surface area contributed by atoms with E-state index < -0.39 is 0 Å². The van der Waals surface area contributed by atoms with Crippen molar-refractivity contribution >= 4 is 0 Å².